The summed E-state index contributed by atoms with van der Waals surface area (Å²) in [6.45, 7) is 2.35. The molecule has 0 radical (unpaired) electrons. The topological polar surface area (TPSA) is 0 Å². The highest BCUT2D eigenvalue weighted by atomic mass is 14.3. The van der Waals surface area contributed by atoms with Crippen molar-refractivity contribution in [1.29, 1.82) is 0 Å². The number of hydrogen-bond donors (Lipinski definition) is 0. The summed E-state index contributed by atoms with van der Waals surface area (Å²) in [5, 5.41) is 2.91. The van der Waals surface area contributed by atoms with Gasteiger partial charge in [0.15, 0.2) is 0 Å². The molecule has 0 saturated carbocycles. The monoisotopic (exact) mass is 206 g/mol. The zero-order valence-electron chi connectivity index (χ0n) is 9.40. The molecule has 2 aliphatic rings. The van der Waals surface area contributed by atoms with Crippen LogP contribution in [0, 0.1) is 0 Å². The van der Waals surface area contributed by atoms with E-state index in [1.165, 1.54) is 22.8 Å². The first kappa shape index (κ1) is 8.58. The summed E-state index contributed by atoms with van der Waals surface area (Å²) in [4.78, 5) is 0. The van der Waals surface area contributed by atoms with Gasteiger partial charge in [0.25, 0.3) is 0 Å². The van der Waals surface area contributed by atoms with Gasteiger partial charge in [0, 0.05) is 5.92 Å². The third-order valence-electron chi connectivity index (χ3n) is 4.17. The van der Waals surface area contributed by atoms with Crippen molar-refractivity contribution in [2.24, 2.45) is 0 Å². The van der Waals surface area contributed by atoms with Crippen LogP contribution in [0.3, 0.4) is 0 Å². The molecule has 2 aliphatic carbocycles. The molecule has 2 aromatic carbocycles. The average molecular weight is 206 g/mol. The minimum absolute atomic E-state index is 0.670. The number of benzene rings is 2. The standard InChI is InChI=1S/C16H14/c1-10-9-13-6-5-11-3-2-4-12-7-8-14(10)16(13)15(11)12/h2-8,10,13H,9H2,1H3. The third-order valence-corrected chi connectivity index (χ3v) is 4.17. The van der Waals surface area contributed by atoms with E-state index in [0.717, 1.165) is 5.92 Å². The minimum Gasteiger partial charge on any atom is -0.0763 e. The van der Waals surface area contributed by atoms with E-state index in [9.17, 15) is 0 Å². The van der Waals surface area contributed by atoms with E-state index in [-0.39, 0.29) is 0 Å². The number of hydrogen-bond acceptors (Lipinski definition) is 0. The molecule has 0 spiro atoms. The van der Waals surface area contributed by atoms with E-state index in [2.05, 4.69) is 49.4 Å². The van der Waals surface area contributed by atoms with Gasteiger partial charge in [0.1, 0.15) is 0 Å². The molecule has 0 aliphatic heterocycles. The number of allylic oxidation sites excluding steroid dienone is 1. The van der Waals surface area contributed by atoms with Gasteiger partial charge in [0.2, 0.25) is 0 Å². The Morgan fingerprint density at radius 2 is 2.06 bits per heavy atom. The van der Waals surface area contributed by atoms with Gasteiger partial charge in [0.05, 0.1) is 0 Å². The Kier molecular flexibility index (Phi) is 1.48. The third kappa shape index (κ3) is 0.904. The lowest BCUT2D eigenvalue weighted by Crippen LogP contribution is -1.96. The van der Waals surface area contributed by atoms with Crippen LogP contribution in [0.1, 0.15) is 41.9 Å². The van der Waals surface area contributed by atoms with Gasteiger partial charge in [-0.2, -0.15) is 0 Å². The highest BCUT2D eigenvalue weighted by Crippen LogP contribution is 2.48. The second-order valence-corrected chi connectivity index (χ2v) is 5.12. The van der Waals surface area contributed by atoms with Crippen LogP contribution in [0.2, 0.25) is 0 Å². The fourth-order valence-corrected chi connectivity index (χ4v) is 3.44. The minimum atomic E-state index is 0.670. The fraction of sp³-hybridized carbons (Fsp3) is 0.250. The molecular weight excluding hydrogens is 192 g/mol. The molecule has 2 unspecified atom stereocenters. The quantitative estimate of drug-likeness (QED) is 0.597. The number of rotatable bonds is 0. The average Bonchev–Trinajstić information content (AvgIpc) is 2.65. The van der Waals surface area contributed by atoms with E-state index in [4.69, 9.17) is 0 Å². The normalized spacial score (nSPS) is 25.3. The molecule has 0 heteroatoms. The van der Waals surface area contributed by atoms with Crippen LogP contribution in [0.15, 0.2) is 36.4 Å². The van der Waals surface area contributed by atoms with Crippen LogP contribution in [-0.4, -0.2) is 0 Å². The Morgan fingerprint density at radius 3 is 3.00 bits per heavy atom. The second kappa shape index (κ2) is 2.76. The van der Waals surface area contributed by atoms with Crippen molar-refractivity contribution in [1.82, 2.24) is 0 Å². The van der Waals surface area contributed by atoms with Crippen LogP contribution < -0.4 is 0 Å². The van der Waals surface area contributed by atoms with Gasteiger partial charge >= 0.3 is 0 Å². The highest BCUT2D eigenvalue weighted by molar-refractivity contribution is 5.97. The molecule has 0 fully saturated rings. The van der Waals surface area contributed by atoms with E-state index in [1.54, 1.807) is 11.1 Å². The Morgan fingerprint density at radius 1 is 1.12 bits per heavy atom. The summed E-state index contributed by atoms with van der Waals surface area (Å²) < 4.78 is 0. The second-order valence-electron chi connectivity index (χ2n) is 5.12. The Bertz CT molecular complexity index is 619. The van der Waals surface area contributed by atoms with E-state index < -0.39 is 0 Å². The predicted octanol–water partition coefficient (Wildman–Crippen LogP) is 4.46. The largest absolute Gasteiger partial charge is 0.0763 e. The lowest BCUT2D eigenvalue weighted by molar-refractivity contribution is 0.701. The van der Waals surface area contributed by atoms with Crippen molar-refractivity contribution in [3.8, 4) is 0 Å². The Hall–Kier alpha value is -1.56. The zero-order chi connectivity index (χ0) is 10.7. The maximum Gasteiger partial charge on any atom is 0.00362 e. The van der Waals surface area contributed by atoms with Gasteiger partial charge in [-0.1, -0.05) is 49.4 Å². The van der Waals surface area contributed by atoms with E-state index in [0.29, 0.717) is 5.92 Å². The van der Waals surface area contributed by atoms with E-state index >= 15 is 0 Å². The van der Waals surface area contributed by atoms with Gasteiger partial charge in [-0.3, -0.25) is 0 Å². The molecule has 0 nitrogen and oxygen atoms in total. The predicted molar refractivity (Wildman–Crippen MR) is 68.8 cm³/mol. The molecule has 0 saturated heterocycles. The summed E-state index contributed by atoms with van der Waals surface area (Å²) in [6.07, 6.45) is 5.99. The summed E-state index contributed by atoms with van der Waals surface area (Å²) in [7, 11) is 0. The molecule has 16 heavy (non-hydrogen) atoms. The molecule has 0 heterocycles. The van der Waals surface area contributed by atoms with Crippen molar-refractivity contribution in [3.05, 3.63) is 53.1 Å². The molecule has 0 N–H and O–H groups in total. The van der Waals surface area contributed by atoms with Crippen LogP contribution in [-0.2, 0) is 0 Å². The Balaban J connectivity index is 2.23. The smallest absolute Gasteiger partial charge is 0.00362 e. The lowest BCUT2D eigenvalue weighted by Gasteiger charge is -2.17. The van der Waals surface area contributed by atoms with Crippen LogP contribution in [0.5, 0.6) is 0 Å². The molecular formula is C16H14. The zero-order valence-corrected chi connectivity index (χ0v) is 9.40. The maximum absolute atomic E-state index is 2.39. The molecule has 0 aromatic heterocycles. The first-order valence-electron chi connectivity index (χ1n) is 6.08. The van der Waals surface area contributed by atoms with Gasteiger partial charge in [-0.25, -0.2) is 0 Å². The van der Waals surface area contributed by atoms with Gasteiger partial charge < -0.3 is 0 Å². The van der Waals surface area contributed by atoms with Gasteiger partial charge in [-0.05, 0) is 39.8 Å². The molecule has 0 bridgehead atoms. The molecule has 2 aromatic rings. The van der Waals surface area contributed by atoms with Crippen molar-refractivity contribution < 1.29 is 0 Å². The highest BCUT2D eigenvalue weighted by Gasteiger charge is 2.30. The molecule has 2 atom stereocenters. The lowest BCUT2D eigenvalue weighted by atomic mass is 9.87. The molecule has 4 rings (SSSR count). The van der Waals surface area contributed by atoms with Crippen LogP contribution in [0.25, 0.3) is 16.8 Å². The van der Waals surface area contributed by atoms with Crippen LogP contribution >= 0.6 is 0 Å². The van der Waals surface area contributed by atoms with Crippen molar-refractivity contribution in [3.63, 3.8) is 0 Å². The van der Waals surface area contributed by atoms with E-state index in [1.807, 2.05) is 0 Å². The summed E-state index contributed by atoms with van der Waals surface area (Å²) in [6, 6.07) is 11.3. The summed E-state index contributed by atoms with van der Waals surface area (Å²) in [5.41, 5.74) is 4.59. The SMILES string of the molecule is CC1CC2C=Cc3cccc4ccc1c2c34. The molecule has 0 amide bonds. The first-order valence-corrected chi connectivity index (χ1v) is 6.08. The summed E-state index contributed by atoms with van der Waals surface area (Å²) >= 11 is 0. The first-order chi connectivity index (χ1) is 7.84. The van der Waals surface area contributed by atoms with Crippen molar-refractivity contribution >= 4 is 16.8 Å². The summed E-state index contributed by atoms with van der Waals surface area (Å²) in [5.74, 6) is 1.39. The van der Waals surface area contributed by atoms with Crippen molar-refractivity contribution in [2.75, 3.05) is 0 Å². The van der Waals surface area contributed by atoms with Gasteiger partial charge in [-0.15, -0.1) is 0 Å². The Labute approximate surface area is 95.6 Å². The maximum atomic E-state index is 2.39. The molecule has 78 valence electrons. The fourth-order valence-electron chi connectivity index (χ4n) is 3.44. The van der Waals surface area contributed by atoms with Crippen LogP contribution in [0.4, 0.5) is 0 Å². The van der Waals surface area contributed by atoms with Crippen molar-refractivity contribution in [2.45, 2.75) is 25.2 Å².